The van der Waals surface area contributed by atoms with Crippen LogP contribution in [0, 0.1) is 0 Å². The maximum Gasteiger partial charge on any atom is 0.408 e. The molecule has 0 radical (unpaired) electrons. The molecule has 1 aliphatic carbocycles. The van der Waals surface area contributed by atoms with E-state index in [0.29, 0.717) is 22.4 Å². The predicted molar refractivity (Wildman–Crippen MR) is 86.4 cm³/mol. The molecular weight excluding hydrogens is 350 g/mol. The van der Waals surface area contributed by atoms with E-state index in [2.05, 4.69) is 21.2 Å². The van der Waals surface area contributed by atoms with Gasteiger partial charge in [0.1, 0.15) is 18.0 Å². The standard InChI is InChI=1S/C16H20BrNO4/c1-15(2,3)22-14(20)18-16(6-7-16)10-21-12-5-4-11(9-19)13(17)8-12/h4-5,8-9H,6-7,10H2,1-3H3,(H,18,20). The molecule has 6 heteroatoms. The average molecular weight is 370 g/mol. The van der Waals surface area contributed by atoms with E-state index in [1.54, 1.807) is 18.2 Å². The fourth-order valence-corrected chi connectivity index (χ4v) is 2.34. The maximum absolute atomic E-state index is 11.8. The van der Waals surface area contributed by atoms with Crippen LogP contribution in [0.1, 0.15) is 44.0 Å². The van der Waals surface area contributed by atoms with Crippen LogP contribution in [0.5, 0.6) is 5.75 Å². The molecular formula is C16H20BrNO4. The fraction of sp³-hybridized carbons (Fsp3) is 0.500. The highest BCUT2D eigenvalue weighted by molar-refractivity contribution is 9.10. The summed E-state index contributed by atoms with van der Waals surface area (Å²) in [6.45, 7) is 5.86. The summed E-state index contributed by atoms with van der Waals surface area (Å²) >= 11 is 3.32. The zero-order valence-corrected chi connectivity index (χ0v) is 14.5. The zero-order chi connectivity index (χ0) is 16.4. The Hall–Kier alpha value is -1.56. The van der Waals surface area contributed by atoms with Gasteiger partial charge in [-0.2, -0.15) is 0 Å². The molecule has 0 spiro atoms. The molecule has 1 amide bonds. The molecule has 1 N–H and O–H groups in total. The number of ether oxygens (including phenoxy) is 2. The van der Waals surface area contributed by atoms with Gasteiger partial charge < -0.3 is 14.8 Å². The second kappa shape index (κ2) is 6.28. The van der Waals surface area contributed by atoms with E-state index in [0.717, 1.165) is 19.1 Å². The van der Waals surface area contributed by atoms with Crippen molar-refractivity contribution in [2.75, 3.05) is 6.61 Å². The topological polar surface area (TPSA) is 64.6 Å². The van der Waals surface area contributed by atoms with Crippen molar-refractivity contribution in [3.8, 4) is 5.75 Å². The van der Waals surface area contributed by atoms with Gasteiger partial charge in [0.15, 0.2) is 6.29 Å². The Morgan fingerprint density at radius 1 is 1.41 bits per heavy atom. The van der Waals surface area contributed by atoms with Crippen molar-refractivity contribution < 1.29 is 19.1 Å². The molecule has 1 fully saturated rings. The fourth-order valence-electron chi connectivity index (χ4n) is 1.89. The molecule has 0 unspecified atom stereocenters. The molecule has 120 valence electrons. The first-order valence-corrected chi connectivity index (χ1v) is 7.91. The number of hydrogen-bond donors (Lipinski definition) is 1. The summed E-state index contributed by atoms with van der Waals surface area (Å²) in [6, 6.07) is 5.17. The molecule has 22 heavy (non-hydrogen) atoms. The Labute approximate surface area is 138 Å². The van der Waals surface area contributed by atoms with Crippen molar-refractivity contribution in [2.45, 2.75) is 44.8 Å². The van der Waals surface area contributed by atoms with Crippen LogP contribution in [-0.4, -0.2) is 30.1 Å². The monoisotopic (exact) mass is 369 g/mol. The van der Waals surface area contributed by atoms with Gasteiger partial charge in [-0.25, -0.2) is 4.79 Å². The highest BCUT2D eigenvalue weighted by atomic mass is 79.9. The van der Waals surface area contributed by atoms with Crippen LogP contribution in [0.25, 0.3) is 0 Å². The minimum absolute atomic E-state index is 0.349. The number of amides is 1. The lowest BCUT2D eigenvalue weighted by molar-refractivity contribution is 0.0477. The molecule has 2 rings (SSSR count). The number of alkyl carbamates (subject to hydrolysis) is 1. The quantitative estimate of drug-likeness (QED) is 0.803. The van der Waals surface area contributed by atoms with E-state index < -0.39 is 11.7 Å². The number of nitrogens with one attached hydrogen (secondary N) is 1. The van der Waals surface area contributed by atoms with E-state index in [9.17, 15) is 9.59 Å². The van der Waals surface area contributed by atoms with Gasteiger partial charge in [-0.15, -0.1) is 0 Å². The number of hydrogen-bond acceptors (Lipinski definition) is 4. The maximum atomic E-state index is 11.8. The highest BCUT2D eigenvalue weighted by Crippen LogP contribution is 2.36. The average Bonchev–Trinajstić information content (AvgIpc) is 3.14. The Kier molecular flexibility index (Phi) is 4.80. The van der Waals surface area contributed by atoms with Crippen molar-refractivity contribution in [3.05, 3.63) is 28.2 Å². The molecule has 0 bridgehead atoms. The molecule has 1 aromatic rings. The van der Waals surface area contributed by atoms with Crippen LogP contribution in [0.3, 0.4) is 0 Å². The van der Waals surface area contributed by atoms with Gasteiger partial charge in [0.05, 0.1) is 5.54 Å². The van der Waals surface area contributed by atoms with Gasteiger partial charge in [-0.1, -0.05) is 0 Å². The van der Waals surface area contributed by atoms with Gasteiger partial charge in [0, 0.05) is 10.0 Å². The second-order valence-electron chi connectivity index (χ2n) is 6.50. The molecule has 0 aromatic heterocycles. The van der Waals surface area contributed by atoms with E-state index in [-0.39, 0.29) is 5.54 Å². The number of benzene rings is 1. The summed E-state index contributed by atoms with van der Waals surface area (Å²) in [5.74, 6) is 0.648. The SMILES string of the molecule is CC(C)(C)OC(=O)NC1(COc2ccc(C=O)c(Br)c2)CC1. The summed E-state index contributed by atoms with van der Waals surface area (Å²) in [6.07, 6.45) is 2.08. The van der Waals surface area contributed by atoms with Crippen molar-refractivity contribution >= 4 is 28.3 Å². The molecule has 1 aromatic carbocycles. The molecule has 0 saturated heterocycles. The molecule has 1 aliphatic rings. The number of carbonyl (C=O) groups is 2. The number of aldehydes is 1. The lowest BCUT2D eigenvalue weighted by Crippen LogP contribution is -2.44. The van der Waals surface area contributed by atoms with Gasteiger partial charge >= 0.3 is 6.09 Å². The van der Waals surface area contributed by atoms with Crippen LogP contribution < -0.4 is 10.1 Å². The minimum Gasteiger partial charge on any atom is -0.491 e. The van der Waals surface area contributed by atoms with E-state index in [4.69, 9.17) is 9.47 Å². The smallest absolute Gasteiger partial charge is 0.408 e. The Bertz CT molecular complexity index is 576. The summed E-state index contributed by atoms with van der Waals surface area (Å²) in [5.41, 5.74) is -0.297. The van der Waals surface area contributed by atoms with Gasteiger partial charge in [0.25, 0.3) is 0 Å². The van der Waals surface area contributed by atoms with Crippen molar-refractivity contribution in [1.29, 1.82) is 0 Å². The van der Waals surface area contributed by atoms with Crippen molar-refractivity contribution in [2.24, 2.45) is 0 Å². The third-order valence-electron chi connectivity index (χ3n) is 3.23. The van der Waals surface area contributed by atoms with Gasteiger partial charge in [-0.3, -0.25) is 4.79 Å². The van der Waals surface area contributed by atoms with E-state index >= 15 is 0 Å². The summed E-state index contributed by atoms with van der Waals surface area (Å²) < 4.78 is 11.7. The van der Waals surface area contributed by atoms with Gasteiger partial charge in [0.2, 0.25) is 0 Å². The van der Waals surface area contributed by atoms with Crippen molar-refractivity contribution in [1.82, 2.24) is 5.32 Å². The number of carbonyl (C=O) groups excluding carboxylic acids is 2. The summed E-state index contributed by atoms with van der Waals surface area (Å²) in [5, 5.41) is 2.88. The Balaban J connectivity index is 1.89. The molecule has 0 atom stereocenters. The highest BCUT2D eigenvalue weighted by Gasteiger charge is 2.46. The molecule has 0 aliphatic heterocycles. The first-order chi connectivity index (χ1) is 10.2. The van der Waals surface area contributed by atoms with Crippen LogP contribution in [0.15, 0.2) is 22.7 Å². The van der Waals surface area contributed by atoms with Gasteiger partial charge in [-0.05, 0) is 67.7 Å². The number of rotatable bonds is 5. The summed E-state index contributed by atoms with van der Waals surface area (Å²) in [7, 11) is 0. The second-order valence-corrected chi connectivity index (χ2v) is 7.35. The normalized spacial score (nSPS) is 15.8. The van der Waals surface area contributed by atoms with E-state index in [1.165, 1.54) is 0 Å². The minimum atomic E-state index is -0.517. The van der Waals surface area contributed by atoms with Crippen LogP contribution >= 0.6 is 15.9 Å². The van der Waals surface area contributed by atoms with Crippen LogP contribution in [0.4, 0.5) is 4.79 Å². The first-order valence-electron chi connectivity index (χ1n) is 7.12. The molecule has 5 nitrogen and oxygen atoms in total. The third kappa shape index (κ3) is 4.73. The van der Waals surface area contributed by atoms with Crippen molar-refractivity contribution in [3.63, 3.8) is 0 Å². The lowest BCUT2D eigenvalue weighted by Gasteiger charge is -2.23. The Morgan fingerprint density at radius 2 is 2.09 bits per heavy atom. The first kappa shape index (κ1) is 16.8. The predicted octanol–water partition coefficient (Wildman–Crippen LogP) is 3.70. The zero-order valence-electron chi connectivity index (χ0n) is 12.9. The largest absolute Gasteiger partial charge is 0.491 e. The van der Waals surface area contributed by atoms with Crippen LogP contribution in [0.2, 0.25) is 0 Å². The lowest BCUT2D eigenvalue weighted by atomic mass is 10.2. The molecule has 0 heterocycles. The number of halogens is 1. The van der Waals surface area contributed by atoms with Crippen LogP contribution in [-0.2, 0) is 4.74 Å². The third-order valence-corrected chi connectivity index (χ3v) is 3.92. The van der Waals surface area contributed by atoms with E-state index in [1.807, 2.05) is 20.8 Å². The Morgan fingerprint density at radius 3 is 2.59 bits per heavy atom. The molecule has 1 saturated carbocycles. The summed E-state index contributed by atoms with van der Waals surface area (Å²) in [4.78, 5) is 22.6.